The van der Waals surface area contributed by atoms with E-state index >= 15 is 0 Å². The van der Waals surface area contributed by atoms with Gasteiger partial charge in [-0.1, -0.05) is 121 Å². The highest BCUT2D eigenvalue weighted by Gasteiger charge is 2.25. The van der Waals surface area contributed by atoms with Crippen LogP contribution in [0.25, 0.3) is 0 Å². The molecule has 1 aromatic rings. The van der Waals surface area contributed by atoms with Crippen molar-refractivity contribution in [2.75, 3.05) is 13.2 Å². The van der Waals surface area contributed by atoms with Crippen LogP contribution in [0.2, 0.25) is 0 Å². The number of unbranched alkanes of at least 4 members (excludes halogenated alkanes) is 13. The molecule has 0 aromatic heterocycles. The van der Waals surface area contributed by atoms with Crippen molar-refractivity contribution in [3.05, 3.63) is 35.9 Å². The maximum atomic E-state index is 5.96. The SMILES string of the molecule is CCCCCCCCCCCCCCCCOCC1CCC(OCc2ccccc2)O1. The van der Waals surface area contributed by atoms with Gasteiger partial charge in [-0.15, -0.1) is 0 Å². The van der Waals surface area contributed by atoms with E-state index < -0.39 is 0 Å². The van der Waals surface area contributed by atoms with E-state index in [4.69, 9.17) is 14.2 Å². The van der Waals surface area contributed by atoms with Gasteiger partial charge in [-0.25, -0.2) is 0 Å². The predicted molar refractivity (Wildman–Crippen MR) is 130 cm³/mol. The summed E-state index contributed by atoms with van der Waals surface area (Å²) in [7, 11) is 0. The molecule has 1 aliphatic heterocycles. The predicted octanol–water partition coefficient (Wildman–Crippen LogP) is 8.21. The fourth-order valence-corrected chi connectivity index (χ4v) is 4.29. The van der Waals surface area contributed by atoms with E-state index in [1.165, 1.54) is 95.5 Å². The summed E-state index contributed by atoms with van der Waals surface area (Å²) in [5.41, 5.74) is 1.20. The van der Waals surface area contributed by atoms with Crippen LogP contribution >= 0.6 is 0 Å². The number of benzene rings is 1. The normalized spacial score (nSPS) is 18.6. The zero-order valence-electron chi connectivity index (χ0n) is 20.2. The molecule has 0 N–H and O–H groups in total. The molecular formula is C28H48O3. The first-order chi connectivity index (χ1) is 15.4. The average molecular weight is 433 g/mol. The third-order valence-electron chi connectivity index (χ3n) is 6.29. The molecule has 0 saturated carbocycles. The van der Waals surface area contributed by atoms with Gasteiger partial charge in [0.2, 0.25) is 0 Å². The summed E-state index contributed by atoms with van der Waals surface area (Å²) >= 11 is 0. The number of hydrogen-bond acceptors (Lipinski definition) is 3. The third kappa shape index (κ3) is 14.0. The number of ether oxygens (including phenoxy) is 3. The molecule has 2 unspecified atom stereocenters. The van der Waals surface area contributed by atoms with Gasteiger partial charge < -0.3 is 14.2 Å². The van der Waals surface area contributed by atoms with Crippen LogP contribution in [-0.2, 0) is 20.8 Å². The van der Waals surface area contributed by atoms with Gasteiger partial charge in [-0.3, -0.25) is 0 Å². The molecule has 3 heteroatoms. The summed E-state index contributed by atoms with van der Waals surface area (Å²) in [6.45, 7) is 4.49. The van der Waals surface area contributed by atoms with Crippen molar-refractivity contribution in [2.24, 2.45) is 0 Å². The molecule has 0 spiro atoms. The molecule has 2 atom stereocenters. The Morgan fingerprint density at radius 1 is 0.742 bits per heavy atom. The molecule has 0 bridgehead atoms. The second kappa shape index (κ2) is 18.7. The standard InChI is InChI=1S/C28H48O3/c1-2-3-4-5-6-7-8-9-10-11-12-13-14-18-23-29-25-27-21-22-28(31-27)30-24-26-19-16-15-17-20-26/h15-17,19-20,27-28H,2-14,18,21-25H2,1H3. The quantitative estimate of drug-likeness (QED) is 0.194. The number of rotatable bonds is 20. The zero-order chi connectivity index (χ0) is 21.8. The first-order valence-corrected chi connectivity index (χ1v) is 13.3. The van der Waals surface area contributed by atoms with Crippen LogP contribution in [0.1, 0.15) is 115 Å². The minimum absolute atomic E-state index is 0.0742. The molecule has 0 radical (unpaired) electrons. The van der Waals surface area contributed by atoms with Gasteiger partial charge in [0.25, 0.3) is 0 Å². The lowest BCUT2D eigenvalue weighted by Crippen LogP contribution is -2.19. The highest BCUT2D eigenvalue weighted by molar-refractivity contribution is 5.13. The van der Waals surface area contributed by atoms with Crippen LogP contribution in [-0.4, -0.2) is 25.6 Å². The van der Waals surface area contributed by atoms with E-state index in [0.29, 0.717) is 13.2 Å². The summed E-state index contributed by atoms with van der Waals surface area (Å²) in [5, 5.41) is 0. The van der Waals surface area contributed by atoms with Crippen molar-refractivity contribution >= 4 is 0 Å². The lowest BCUT2D eigenvalue weighted by molar-refractivity contribution is -0.150. The molecule has 1 heterocycles. The Morgan fingerprint density at radius 3 is 1.94 bits per heavy atom. The van der Waals surface area contributed by atoms with E-state index in [1.807, 2.05) is 18.2 Å². The van der Waals surface area contributed by atoms with E-state index in [-0.39, 0.29) is 12.4 Å². The molecule has 3 nitrogen and oxygen atoms in total. The van der Waals surface area contributed by atoms with Crippen LogP contribution in [0.3, 0.4) is 0 Å². The second-order valence-corrected chi connectivity index (χ2v) is 9.23. The molecule has 1 aromatic carbocycles. The highest BCUT2D eigenvalue weighted by atomic mass is 16.7. The van der Waals surface area contributed by atoms with Crippen molar-refractivity contribution in [3.8, 4) is 0 Å². The minimum atomic E-state index is -0.0742. The molecule has 1 fully saturated rings. The largest absolute Gasteiger partial charge is 0.379 e. The summed E-state index contributed by atoms with van der Waals surface area (Å²) in [4.78, 5) is 0. The van der Waals surface area contributed by atoms with Crippen LogP contribution in [0.15, 0.2) is 30.3 Å². The molecule has 1 aliphatic rings. The Kier molecular flexibility index (Phi) is 15.9. The molecule has 0 aliphatic carbocycles. The highest BCUT2D eigenvalue weighted by Crippen LogP contribution is 2.22. The Bertz CT molecular complexity index is 504. The zero-order valence-corrected chi connectivity index (χ0v) is 20.2. The second-order valence-electron chi connectivity index (χ2n) is 9.23. The van der Waals surface area contributed by atoms with Crippen LogP contribution in [0.5, 0.6) is 0 Å². The van der Waals surface area contributed by atoms with E-state index in [1.54, 1.807) is 0 Å². The molecule has 178 valence electrons. The molecule has 0 amide bonds. The summed E-state index contributed by atoms with van der Waals surface area (Å²) in [6.07, 6.45) is 21.7. The van der Waals surface area contributed by atoms with Gasteiger partial charge in [0.05, 0.1) is 19.3 Å². The van der Waals surface area contributed by atoms with E-state index in [0.717, 1.165) is 19.4 Å². The topological polar surface area (TPSA) is 27.7 Å². The van der Waals surface area contributed by atoms with Gasteiger partial charge in [0.15, 0.2) is 6.29 Å². The van der Waals surface area contributed by atoms with Crippen molar-refractivity contribution in [2.45, 2.75) is 129 Å². The Hall–Kier alpha value is -0.900. The Balaban J connectivity index is 1.29. The molecule has 31 heavy (non-hydrogen) atoms. The van der Waals surface area contributed by atoms with E-state index in [9.17, 15) is 0 Å². The maximum absolute atomic E-state index is 5.96. The van der Waals surface area contributed by atoms with Gasteiger partial charge in [-0.05, 0) is 18.4 Å². The minimum Gasteiger partial charge on any atom is -0.379 e. The maximum Gasteiger partial charge on any atom is 0.158 e. The summed E-state index contributed by atoms with van der Waals surface area (Å²) in [6, 6.07) is 10.3. The summed E-state index contributed by atoms with van der Waals surface area (Å²) < 4.78 is 17.7. The summed E-state index contributed by atoms with van der Waals surface area (Å²) in [5.74, 6) is 0. The fraction of sp³-hybridized carbons (Fsp3) is 0.786. The molecule has 2 rings (SSSR count). The average Bonchev–Trinajstić information content (AvgIpc) is 3.26. The lowest BCUT2D eigenvalue weighted by atomic mass is 10.0. The van der Waals surface area contributed by atoms with Gasteiger partial charge in [0, 0.05) is 13.0 Å². The smallest absolute Gasteiger partial charge is 0.158 e. The van der Waals surface area contributed by atoms with E-state index in [2.05, 4.69) is 19.1 Å². The van der Waals surface area contributed by atoms with Gasteiger partial charge in [0.1, 0.15) is 0 Å². The molecule has 1 saturated heterocycles. The first-order valence-electron chi connectivity index (χ1n) is 13.3. The first kappa shape index (κ1) is 26.4. The van der Waals surface area contributed by atoms with Crippen LogP contribution < -0.4 is 0 Å². The van der Waals surface area contributed by atoms with Crippen molar-refractivity contribution in [1.82, 2.24) is 0 Å². The van der Waals surface area contributed by atoms with Crippen molar-refractivity contribution < 1.29 is 14.2 Å². The monoisotopic (exact) mass is 432 g/mol. The van der Waals surface area contributed by atoms with Crippen LogP contribution in [0.4, 0.5) is 0 Å². The number of hydrogen-bond donors (Lipinski definition) is 0. The lowest BCUT2D eigenvalue weighted by Gasteiger charge is -2.14. The molecular weight excluding hydrogens is 384 g/mol. The van der Waals surface area contributed by atoms with Crippen molar-refractivity contribution in [3.63, 3.8) is 0 Å². The van der Waals surface area contributed by atoms with Gasteiger partial charge in [-0.2, -0.15) is 0 Å². The van der Waals surface area contributed by atoms with Gasteiger partial charge >= 0.3 is 0 Å². The Labute approximate surface area is 192 Å². The fourth-order valence-electron chi connectivity index (χ4n) is 4.29. The Morgan fingerprint density at radius 2 is 1.32 bits per heavy atom. The third-order valence-corrected chi connectivity index (χ3v) is 6.29. The van der Waals surface area contributed by atoms with Crippen LogP contribution in [0, 0.1) is 0 Å². The van der Waals surface area contributed by atoms with Crippen molar-refractivity contribution in [1.29, 1.82) is 0 Å².